The molecule has 2 aromatic rings. The minimum absolute atomic E-state index is 0.151. The number of hydrogen-bond acceptors (Lipinski definition) is 3. The smallest absolute Gasteiger partial charge is 0.255 e. The summed E-state index contributed by atoms with van der Waals surface area (Å²) in [7, 11) is -3.59. The number of anilines is 1. The van der Waals surface area contributed by atoms with Crippen LogP contribution in [-0.2, 0) is 10.0 Å². The van der Waals surface area contributed by atoms with Crippen LogP contribution in [0.3, 0.4) is 0 Å². The number of halogens is 1. The summed E-state index contributed by atoms with van der Waals surface area (Å²) in [6.07, 6.45) is 3.84. The first kappa shape index (κ1) is 18.9. The normalized spacial score (nSPS) is 16.0. The van der Waals surface area contributed by atoms with Gasteiger partial charge in [-0.3, -0.25) is 4.79 Å². The fraction of sp³-hybridized carbons (Fsp3) is 0.316. The lowest BCUT2D eigenvalue weighted by Gasteiger charge is -2.20. The number of nitrogens with zero attached hydrogens (tertiary/aromatic N) is 1. The zero-order valence-corrected chi connectivity index (χ0v) is 15.9. The Hall–Kier alpha value is -1.89. The highest BCUT2D eigenvalue weighted by Gasteiger charge is 2.25. The van der Waals surface area contributed by atoms with Gasteiger partial charge in [0.1, 0.15) is 0 Å². The Balaban J connectivity index is 1.82. The fourth-order valence-corrected chi connectivity index (χ4v) is 4.75. The molecule has 3 rings (SSSR count). The highest BCUT2D eigenvalue weighted by molar-refractivity contribution is 7.89. The van der Waals surface area contributed by atoms with Crippen LogP contribution in [0.15, 0.2) is 53.4 Å². The molecule has 0 spiro atoms. The second kappa shape index (κ2) is 8.20. The summed E-state index contributed by atoms with van der Waals surface area (Å²) in [6, 6.07) is 13.0. The molecule has 0 aromatic heterocycles. The summed E-state index contributed by atoms with van der Waals surface area (Å²) in [5.74, 6) is -0.375. The van der Waals surface area contributed by atoms with E-state index in [4.69, 9.17) is 11.6 Å². The number of rotatable bonds is 4. The van der Waals surface area contributed by atoms with Crippen LogP contribution in [0.4, 0.5) is 5.69 Å². The Morgan fingerprint density at radius 2 is 1.65 bits per heavy atom. The van der Waals surface area contributed by atoms with Crippen LogP contribution in [-0.4, -0.2) is 31.7 Å². The monoisotopic (exact) mass is 392 g/mol. The standard InChI is InChI=1S/C19H21ClN2O3S/c20-16-8-6-9-17(14-16)21-19(23)15-7-5-10-18(13-15)26(24,25)22-11-3-1-2-4-12-22/h5-10,13-14H,1-4,11-12H2,(H,21,23). The summed E-state index contributed by atoms with van der Waals surface area (Å²) < 4.78 is 27.3. The van der Waals surface area contributed by atoms with Crippen LogP contribution >= 0.6 is 11.6 Å². The Morgan fingerprint density at radius 1 is 0.962 bits per heavy atom. The largest absolute Gasteiger partial charge is 0.322 e. The van der Waals surface area contributed by atoms with Crippen LogP contribution < -0.4 is 5.32 Å². The summed E-state index contributed by atoms with van der Waals surface area (Å²) in [5.41, 5.74) is 0.851. The minimum atomic E-state index is -3.59. The van der Waals surface area contributed by atoms with Crippen molar-refractivity contribution in [2.24, 2.45) is 0 Å². The summed E-state index contributed by atoms with van der Waals surface area (Å²) in [4.78, 5) is 12.6. The first-order valence-corrected chi connectivity index (χ1v) is 10.5. The van der Waals surface area contributed by atoms with Gasteiger partial charge in [-0.2, -0.15) is 4.31 Å². The second-order valence-corrected chi connectivity index (χ2v) is 8.68. The van der Waals surface area contributed by atoms with Crippen LogP contribution in [0.1, 0.15) is 36.0 Å². The van der Waals surface area contributed by atoms with E-state index in [1.807, 2.05) is 0 Å². The van der Waals surface area contributed by atoms with Gasteiger partial charge in [0.05, 0.1) is 4.90 Å². The fourth-order valence-electron chi connectivity index (χ4n) is 3.00. The first-order valence-electron chi connectivity index (χ1n) is 8.64. The van der Waals surface area contributed by atoms with E-state index >= 15 is 0 Å². The van der Waals surface area contributed by atoms with E-state index in [1.54, 1.807) is 36.4 Å². The van der Waals surface area contributed by atoms with E-state index in [2.05, 4.69) is 5.32 Å². The maximum Gasteiger partial charge on any atom is 0.255 e. The Morgan fingerprint density at radius 3 is 2.35 bits per heavy atom. The van der Waals surface area contributed by atoms with Crippen molar-refractivity contribution in [2.75, 3.05) is 18.4 Å². The van der Waals surface area contributed by atoms with E-state index in [-0.39, 0.29) is 10.8 Å². The molecule has 138 valence electrons. The van der Waals surface area contributed by atoms with Gasteiger partial charge in [0.25, 0.3) is 5.91 Å². The number of carbonyl (C=O) groups is 1. The average molecular weight is 393 g/mol. The van der Waals surface area contributed by atoms with Crippen molar-refractivity contribution in [1.29, 1.82) is 0 Å². The van der Waals surface area contributed by atoms with E-state index in [0.29, 0.717) is 29.4 Å². The molecule has 26 heavy (non-hydrogen) atoms. The van der Waals surface area contributed by atoms with Crippen molar-refractivity contribution in [3.63, 3.8) is 0 Å². The van der Waals surface area contributed by atoms with Gasteiger partial charge in [-0.05, 0) is 49.2 Å². The van der Waals surface area contributed by atoms with E-state index in [1.165, 1.54) is 16.4 Å². The summed E-state index contributed by atoms with van der Waals surface area (Å²) in [5, 5.41) is 3.25. The molecule has 0 atom stereocenters. The molecule has 5 nitrogen and oxygen atoms in total. The zero-order valence-electron chi connectivity index (χ0n) is 14.3. The molecule has 7 heteroatoms. The summed E-state index contributed by atoms with van der Waals surface area (Å²) in [6.45, 7) is 1.06. The summed E-state index contributed by atoms with van der Waals surface area (Å²) >= 11 is 5.92. The van der Waals surface area contributed by atoms with Gasteiger partial charge in [0, 0.05) is 29.4 Å². The van der Waals surface area contributed by atoms with Crippen molar-refractivity contribution in [3.8, 4) is 0 Å². The number of nitrogens with one attached hydrogen (secondary N) is 1. The van der Waals surface area contributed by atoms with E-state index in [9.17, 15) is 13.2 Å². The molecule has 1 amide bonds. The molecule has 0 bridgehead atoms. The molecule has 0 unspecified atom stereocenters. The van der Waals surface area contributed by atoms with Crippen LogP contribution in [0.2, 0.25) is 5.02 Å². The van der Waals surface area contributed by atoms with Crippen molar-refractivity contribution in [3.05, 3.63) is 59.1 Å². The zero-order chi connectivity index (χ0) is 18.6. The van der Waals surface area contributed by atoms with E-state index < -0.39 is 10.0 Å². The molecule has 1 aliphatic rings. The number of benzene rings is 2. The maximum atomic E-state index is 12.9. The Labute approximate surface area is 159 Å². The van der Waals surface area contributed by atoms with Gasteiger partial charge >= 0.3 is 0 Å². The molecule has 0 saturated carbocycles. The van der Waals surface area contributed by atoms with Gasteiger partial charge in [0.15, 0.2) is 0 Å². The van der Waals surface area contributed by atoms with Crippen molar-refractivity contribution in [1.82, 2.24) is 4.31 Å². The predicted octanol–water partition coefficient (Wildman–Crippen LogP) is 4.16. The van der Waals surface area contributed by atoms with Crippen LogP contribution in [0.5, 0.6) is 0 Å². The first-order chi connectivity index (χ1) is 12.5. The third-order valence-corrected chi connectivity index (χ3v) is 6.51. The highest BCUT2D eigenvalue weighted by atomic mass is 35.5. The number of amides is 1. The third kappa shape index (κ3) is 4.44. The third-order valence-electron chi connectivity index (χ3n) is 4.38. The highest BCUT2D eigenvalue weighted by Crippen LogP contribution is 2.22. The van der Waals surface area contributed by atoms with Crippen molar-refractivity contribution >= 4 is 33.2 Å². The van der Waals surface area contributed by atoms with Crippen molar-refractivity contribution in [2.45, 2.75) is 30.6 Å². The number of sulfonamides is 1. The van der Waals surface area contributed by atoms with Crippen LogP contribution in [0.25, 0.3) is 0 Å². The molecule has 0 radical (unpaired) electrons. The molecular weight excluding hydrogens is 372 g/mol. The van der Waals surface area contributed by atoms with E-state index in [0.717, 1.165) is 25.7 Å². The SMILES string of the molecule is O=C(Nc1cccc(Cl)c1)c1cccc(S(=O)(=O)N2CCCCCC2)c1. The lowest BCUT2D eigenvalue weighted by atomic mass is 10.2. The number of hydrogen-bond donors (Lipinski definition) is 1. The lowest BCUT2D eigenvalue weighted by Crippen LogP contribution is -2.32. The van der Waals surface area contributed by atoms with Gasteiger partial charge in [0.2, 0.25) is 10.0 Å². The minimum Gasteiger partial charge on any atom is -0.322 e. The Bertz CT molecular complexity index is 891. The molecule has 1 saturated heterocycles. The maximum absolute atomic E-state index is 12.9. The topological polar surface area (TPSA) is 66.5 Å². The van der Waals surface area contributed by atoms with Crippen LogP contribution in [0, 0.1) is 0 Å². The predicted molar refractivity (Wildman–Crippen MR) is 103 cm³/mol. The second-order valence-electron chi connectivity index (χ2n) is 6.31. The molecule has 1 heterocycles. The molecule has 1 N–H and O–H groups in total. The quantitative estimate of drug-likeness (QED) is 0.849. The van der Waals surface area contributed by atoms with Gasteiger partial charge < -0.3 is 5.32 Å². The lowest BCUT2D eigenvalue weighted by molar-refractivity contribution is 0.102. The van der Waals surface area contributed by atoms with Gasteiger partial charge in [-0.1, -0.05) is 36.6 Å². The molecule has 1 fully saturated rings. The molecule has 0 aliphatic carbocycles. The van der Waals surface area contributed by atoms with Gasteiger partial charge in [-0.25, -0.2) is 8.42 Å². The molecule has 2 aromatic carbocycles. The molecular formula is C19H21ClN2O3S. The molecule has 1 aliphatic heterocycles. The van der Waals surface area contributed by atoms with Gasteiger partial charge in [-0.15, -0.1) is 0 Å². The average Bonchev–Trinajstić information content (AvgIpc) is 2.92. The number of carbonyl (C=O) groups excluding carboxylic acids is 1. The Kier molecular flexibility index (Phi) is 5.96. The van der Waals surface area contributed by atoms with Crippen molar-refractivity contribution < 1.29 is 13.2 Å².